The maximum Gasteiger partial charge on any atom is 0.172 e. The van der Waals surface area contributed by atoms with Crippen molar-refractivity contribution in [2.45, 2.75) is 18.9 Å². The third kappa shape index (κ3) is 1.73. The second kappa shape index (κ2) is 3.98. The van der Waals surface area contributed by atoms with Crippen LogP contribution in [0.5, 0.6) is 0 Å². The second-order valence-corrected chi connectivity index (χ2v) is 3.53. The smallest absolute Gasteiger partial charge is 0.172 e. The van der Waals surface area contributed by atoms with Gasteiger partial charge in [0.05, 0.1) is 0 Å². The van der Waals surface area contributed by atoms with E-state index < -0.39 is 6.10 Å². The molecule has 0 saturated carbocycles. The molecule has 0 aromatic carbocycles. The number of aromatic nitrogens is 1. The summed E-state index contributed by atoms with van der Waals surface area (Å²) < 4.78 is 5.01. The summed E-state index contributed by atoms with van der Waals surface area (Å²) in [7, 11) is 0. The van der Waals surface area contributed by atoms with Crippen LogP contribution in [0, 0.1) is 0 Å². The fourth-order valence-electron chi connectivity index (χ4n) is 1.65. The van der Waals surface area contributed by atoms with Crippen molar-refractivity contribution < 1.29 is 9.63 Å². The normalized spacial score (nSPS) is 18.9. The third-order valence-electron chi connectivity index (χ3n) is 2.50. The Bertz CT molecular complexity index is 294. The van der Waals surface area contributed by atoms with E-state index in [2.05, 4.69) is 10.1 Å². The Morgan fingerprint density at radius 2 is 2.29 bits per heavy atom. The molecule has 1 saturated heterocycles. The highest BCUT2D eigenvalue weighted by molar-refractivity contribution is 5.39. The van der Waals surface area contributed by atoms with Crippen LogP contribution in [0.1, 0.15) is 24.7 Å². The van der Waals surface area contributed by atoms with Crippen LogP contribution in [0.15, 0.2) is 10.6 Å². The summed E-state index contributed by atoms with van der Waals surface area (Å²) in [4.78, 5) is 2.15. The van der Waals surface area contributed by atoms with Crippen molar-refractivity contribution >= 4 is 5.82 Å². The van der Waals surface area contributed by atoms with Gasteiger partial charge in [-0.1, -0.05) is 5.16 Å². The Morgan fingerprint density at radius 3 is 2.93 bits per heavy atom. The van der Waals surface area contributed by atoms with Gasteiger partial charge in [-0.05, 0) is 12.8 Å². The van der Waals surface area contributed by atoms with Crippen molar-refractivity contribution in [3.63, 3.8) is 0 Å². The van der Waals surface area contributed by atoms with Gasteiger partial charge in [0.2, 0.25) is 0 Å². The van der Waals surface area contributed by atoms with Crippen LogP contribution < -0.4 is 10.6 Å². The van der Waals surface area contributed by atoms with Crippen molar-refractivity contribution in [2.75, 3.05) is 24.5 Å². The summed E-state index contributed by atoms with van der Waals surface area (Å²) in [6.45, 7) is 2.20. The Kier molecular flexibility index (Phi) is 2.69. The molecule has 1 unspecified atom stereocenters. The molecule has 14 heavy (non-hydrogen) atoms. The van der Waals surface area contributed by atoms with E-state index in [4.69, 9.17) is 10.3 Å². The first-order valence-corrected chi connectivity index (χ1v) is 4.91. The molecule has 0 radical (unpaired) electrons. The molecule has 1 atom stereocenters. The molecule has 1 aromatic rings. The molecule has 0 amide bonds. The van der Waals surface area contributed by atoms with Gasteiger partial charge in [0.15, 0.2) is 11.6 Å². The van der Waals surface area contributed by atoms with Crippen molar-refractivity contribution in [2.24, 2.45) is 5.73 Å². The Morgan fingerprint density at radius 1 is 1.57 bits per heavy atom. The van der Waals surface area contributed by atoms with Gasteiger partial charge in [-0.15, -0.1) is 0 Å². The van der Waals surface area contributed by atoms with E-state index in [-0.39, 0.29) is 6.54 Å². The minimum atomic E-state index is -0.737. The van der Waals surface area contributed by atoms with Crippen molar-refractivity contribution in [3.05, 3.63) is 11.8 Å². The molecule has 5 nitrogen and oxygen atoms in total. The minimum absolute atomic E-state index is 0.161. The molecule has 1 aliphatic rings. The van der Waals surface area contributed by atoms with Crippen LogP contribution in [0.25, 0.3) is 0 Å². The van der Waals surface area contributed by atoms with Crippen LogP contribution in [0.2, 0.25) is 0 Å². The largest absolute Gasteiger partial charge is 0.384 e. The molecule has 2 heterocycles. The minimum Gasteiger partial charge on any atom is -0.384 e. The predicted molar refractivity (Wildman–Crippen MR) is 52.0 cm³/mol. The lowest BCUT2D eigenvalue weighted by molar-refractivity contribution is 0.147. The van der Waals surface area contributed by atoms with E-state index in [1.54, 1.807) is 6.07 Å². The summed E-state index contributed by atoms with van der Waals surface area (Å²) in [6, 6.07) is 1.77. The average molecular weight is 197 g/mol. The van der Waals surface area contributed by atoms with Crippen molar-refractivity contribution in [3.8, 4) is 0 Å². The quantitative estimate of drug-likeness (QED) is 0.727. The van der Waals surface area contributed by atoms with Gasteiger partial charge in [0, 0.05) is 25.7 Å². The zero-order chi connectivity index (χ0) is 9.97. The number of anilines is 1. The lowest BCUT2D eigenvalue weighted by Gasteiger charge is -2.11. The zero-order valence-electron chi connectivity index (χ0n) is 8.02. The topological polar surface area (TPSA) is 75.5 Å². The summed E-state index contributed by atoms with van der Waals surface area (Å²) in [5.41, 5.74) is 5.32. The fourth-order valence-corrected chi connectivity index (χ4v) is 1.65. The van der Waals surface area contributed by atoms with Crippen LogP contribution in [-0.2, 0) is 0 Å². The first-order valence-electron chi connectivity index (χ1n) is 4.91. The van der Waals surface area contributed by atoms with Gasteiger partial charge < -0.3 is 20.3 Å². The maximum atomic E-state index is 9.41. The number of nitrogens with zero attached hydrogens (tertiary/aromatic N) is 2. The number of hydrogen-bond donors (Lipinski definition) is 2. The molecular formula is C9H15N3O2. The van der Waals surface area contributed by atoms with E-state index >= 15 is 0 Å². The molecule has 1 aromatic heterocycles. The van der Waals surface area contributed by atoms with Crippen LogP contribution in [0.4, 0.5) is 5.82 Å². The molecule has 0 aliphatic carbocycles. The Labute approximate surface area is 82.5 Å². The molecule has 2 rings (SSSR count). The number of nitrogens with two attached hydrogens (primary N) is 1. The van der Waals surface area contributed by atoms with Gasteiger partial charge in [-0.2, -0.15) is 0 Å². The zero-order valence-corrected chi connectivity index (χ0v) is 8.02. The highest BCUT2D eigenvalue weighted by atomic mass is 16.5. The summed E-state index contributed by atoms with van der Waals surface area (Å²) in [5, 5.41) is 13.3. The van der Waals surface area contributed by atoms with Crippen molar-refractivity contribution in [1.29, 1.82) is 0 Å². The molecule has 3 N–H and O–H groups in total. The van der Waals surface area contributed by atoms with Crippen LogP contribution in [-0.4, -0.2) is 29.9 Å². The second-order valence-electron chi connectivity index (χ2n) is 3.53. The first kappa shape index (κ1) is 9.48. The summed E-state index contributed by atoms with van der Waals surface area (Å²) in [6.07, 6.45) is 1.65. The number of hydrogen-bond acceptors (Lipinski definition) is 5. The lowest BCUT2D eigenvalue weighted by Crippen LogP contribution is -2.17. The van der Waals surface area contributed by atoms with E-state index in [9.17, 15) is 5.11 Å². The molecular weight excluding hydrogens is 182 g/mol. The van der Waals surface area contributed by atoms with Gasteiger partial charge in [-0.25, -0.2) is 0 Å². The van der Waals surface area contributed by atoms with E-state index in [1.165, 1.54) is 12.8 Å². The SMILES string of the molecule is NCC(O)c1cc(N2CCCC2)no1. The summed E-state index contributed by atoms with van der Waals surface area (Å²) >= 11 is 0. The van der Waals surface area contributed by atoms with Gasteiger partial charge >= 0.3 is 0 Å². The number of aliphatic hydroxyl groups is 1. The number of rotatable bonds is 3. The number of aliphatic hydroxyl groups excluding tert-OH is 1. The third-order valence-corrected chi connectivity index (χ3v) is 2.50. The maximum absolute atomic E-state index is 9.41. The van der Waals surface area contributed by atoms with Crippen molar-refractivity contribution in [1.82, 2.24) is 5.16 Å². The molecule has 0 spiro atoms. The molecule has 0 bridgehead atoms. The van der Waals surface area contributed by atoms with Gasteiger partial charge in [0.25, 0.3) is 0 Å². The average Bonchev–Trinajstić information content (AvgIpc) is 2.86. The molecule has 78 valence electrons. The fraction of sp³-hybridized carbons (Fsp3) is 0.667. The van der Waals surface area contributed by atoms with E-state index in [0.29, 0.717) is 5.76 Å². The first-order chi connectivity index (χ1) is 6.81. The molecule has 1 fully saturated rings. The molecule has 1 aliphatic heterocycles. The monoisotopic (exact) mass is 197 g/mol. The van der Waals surface area contributed by atoms with Crippen LogP contribution >= 0.6 is 0 Å². The standard InChI is InChI=1S/C9H15N3O2/c10-6-7(13)8-5-9(11-14-8)12-3-1-2-4-12/h5,7,13H,1-4,6,10H2. The lowest BCUT2D eigenvalue weighted by atomic mass is 10.3. The molecule has 5 heteroatoms. The summed E-state index contributed by atoms with van der Waals surface area (Å²) in [5.74, 6) is 1.26. The van der Waals surface area contributed by atoms with Gasteiger partial charge in [-0.3, -0.25) is 0 Å². The Hall–Kier alpha value is -1.07. The van der Waals surface area contributed by atoms with Crippen LogP contribution in [0.3, 0.4) is 0 Å². The van der Waals surface area contributed by atoms with E-state index in [0.717, 1.165) is 18.9 Å². The Balaban J connectivity index is 2.08. The highest BCUT2D eigenvalue weighted by Gasteiger charge is 2.18. The van der Waals surface area contributed by atoms with Gasteiger partial charge in [0.1, 0.15) is 6.10 Å². The van der Waals surface area contributed by atoms with E-state index in [1.807, 2.05) is 0 Å². The predicted octanol–water partition coefficient (Wildman–Crippen LogP) is 0.267. The highest BCUT2D eigenvalue weighted by Crippen LogP contribution is 2.22.